The first kappa shape index (κ1) is 65.5. The first-order valence-corrected chi connectivity index (χ1v) is 30.7. The van der Waals surface area contributed by atoms with Gasteiger partial charge in [0.05, 0.1) is 34.4 Å². The maximum atomic E-state index is 12.8. The van der Waals surface area contributed by atoms with E-state index >= 15 is 0 Å². The number of rotatable bonds is 56. The summed E-state index contributed by atoms with van der Waals surface area (Å²) in [6.07, 6.45) is 58.6. The molecule has 0 aliphatic heterocycles. The highest BCUT2D eigenvalue weighted by molar-refractivity contribution is 7.45. The number of hydrogen-bond donors (Lipinski definition) is 0. The summed E-state index contributed by atoms with van der Waals surface area (Å²) in [5, 5.41) is 0. The van der Waals surface area contributed by atoms with E-state index in [1.807, 2.05) is 21.1 Å². The highest BCUT2D eigenvalue weighted by atomic mass is 31.2. The Balaban J connectivity index is 3.98. The van der Waals surface area contributed by atoms with E-state index in [4.69, 9.17) is 18.5 Å². The van der Waals surface area contributed by atoms with Crippen LogP contribution in [0, 0.1) is 0 Å². The molecule has 396 valence electrons. The van der Waals surface area contributed by atoms with Crippen LogP contribution in [0.4, 0.5) is 0 Å². The van der Waals surface area contributed by atoms with Gasteiger partial charge < -0.3 is 27.9 Å². The van der Waals surface area contributed by atoms with Crippen molar-refractivity contribution in [3.05, 3.63) is 0 Å². The lowest BCUT2D eigenvalue weighted by molar-refractivity contribution is -0.870. The molecular weight excluding hydrogens is 842 g/mol. The minimum Gasteiger partial charge on any atom is -0.756 e. The summed E-state index contributed by atoms with van der Waals surface area (Å²) in [6.45, 7) is 5.51. The van der Waals surface area contributed by atoms with Gasteiger partial charge in [0.2, 0.25) is 0 Å². The molecule has 0 bridgehead atoms. The van der Waals surface area contributed by atoms with Crippen molar-refractivity contribution < 1.29 is 37.3 Å². The number of nitrogens with zero attached hydrogens (tertiary/aromatic N) is 1. The van der Waals surface area contributed by atoms with Crippen LogP contribution in [0.25, 0.3) is 0 Å². The van der Waals surface area contributed by atoms with Gasteiger partial charge in [0.15, 0.2) is 0 Å². The molecule has 0 spiro atoms. The van der Waals surface area contributed by atoms with Crippen molar-refractivity contribution in [3.63, 3.8) is 0 Å². The summed E-state index contributed by atoms with van der Waals surface area (Å²) >= 11 is 0. The fourth-order valence-electron chi connectivity index (χ4n) is 8.90. The molecule has 0 saturated heterocycles. The smallest absolute Gasteiger partial charge is 0.306 e. The summed E-state index contributed by atoms with van der Waals surface area (Å²) in [5.74, 6) is -0.323. The Morgan fingerprint density at radius 2 is 0.697 bits per heavy atom. The molecule has 0 amide bonds. The van der Waals surface area contributed by atoms with Gasteiger partial charge in [0.25, 0.3) is 7.82 Å². The fourth-order valence-corrected chi connectivity index (χ4v) is 9.63. The van der Waals surface area contributed by atoms with Crippen LogP contribution >= 0.6 is 7.82 Å². The average molecular weight is 959 g/mol. The molecule has 0 aromatic heterocycles. The molecular formula is C57H116NO7P. The highest BCUT2D eigenvalue weighted by Gasteiger charge is 2.20. The number of carbonyl (C=O) groups is 1. The van der Waals surface area contributed by atoms with Crippen LogP contribution in [-0.2, 0) is 27.9 Å². The lowest BCUT2D eigenvalue weighted by atomic mass is 10.0. The Labute approximate surface area is 412 Å². The van der Waals surface area contributed by atoms with Gasteiger partial charge in [-0.05, 0) is 12.8 Å². The summed E-state index contributed by atoms with van der Waals surface area (Å²) in [7, 11) is 1.38. The minimum absolute atomic E-state index is 0.0319. The molecule has 1 unspecified atom stereocenters. The molecule has 0 aliphatic rings. The second-order valence-electron chi connectivity index (χ2n) is 21.4. The predicted molar refractivity (Wildman–Crippen MR) is 282 cm³/mol. The Morgan fingerprint density at radius 1 is 0.409 bits per heavy atom. The number of unbranched alkanes of at least 4 members (excludes halogenated alkanes) is 42. The van der Waals surface area contributed by atoms with Crippen molar-refractivity contribution in [2.24, 2.45) is 0 Å². The zero-order chi connectivity index (χ0) is 48.3. The lowest BCUT2D eigenvalue weighted by Crippen LogP contribution is -2.37. The van der Waals surface area contributed by atoms with Gasteiger partial charge in [-0.1, -0.05) is 284 Å². The molecule has 0 aromatic rings. The fraction of sp³-hybridized carbons (Fsp3) is 0.982. The summed E-state index contributed by atoms with van der Waals surface area (Å²) in [6, 6.07) is 0. The predicted octanol–water partition coefficient (Wildman–Crippen LogP) is 17.7. The average Bonchev–Trinajstić information content (AvgIpc) is 3.28. The maximum Gasteiger partial charge on any atom is 0.306 e. The van der Waals surface area contributed by atoms with E-state index in [0.717, 1.165) is 32.1 Å². The summed E-state index contributed by atoms with van der Waals surface area (Å²) in [5.41, 5.74) is 0. The lowest BCUT2D eigenvalue weighted by Gasteiger charge is -2.28. The minimum atomic E-state index is -4.53. The van der Waals surface area contributed by atoms with Crippen LogP contribution in [0.5, 0.6) is 0 Å². The van der Waals surface area contributed by atoms with Crippen LogP contribution in [0.1, 0.15) is 303 Å². The molecule has 0 heterocycles. The van der Waals surface area contributed by atoms with Gasteiger partial charge >= 0.3 is 5.97 Å². The highest BCUT2D eigenvalue weighted by Crippen LogP contribution is 2.38. The molecule has 2 atom stereocenters. The number of phosphoric acid groups is 1. The molecule has 0 aliphatic carbocycles. The quantitative estimate of drug-likeness (QED) is 0.0259. The number of phosphoric ester groups is 1. The van der Waals surface area contributed by atoms with Crippen LogP contribution in [-0.4, -0.2) is 70.7 Å². The molecule has 0 fully saturated rings. The van der Waals surface area contributed by atoms with Crippen molar-refractivity contribution in [2.45, 2.75) is 309 Å². The molecule has 8 nitrogen and oxygen atoms in total. The van der Waals surface area contributed by atoms with Gasteiger partial charge in [0, 0.05) is 13.0 Å². The first-order valence-electron chi connectivity index (χ1n) is 29.3. The normalized spacial score (nSPS) is 13.4. The third-order valence-corrected chi connectivity index (χ3v) is 14.4. The maximum absolute atomic E-state index is 12.8. The number of esters is 1. The van der Waals surface area contributed by atoms with E-state index in [9.17, 15) is 14.3 Å². The van der Waals surface area contributed by atoms with Crippen molar-refractivity contribution in [1.82, 2.24) is 0 Å². The molecule has 0 aromatic carbocycles. The second-order valence-corrected chi connectivity index (χ2v) is 22.8. The largest absolute Gasteiger partial charge is 0.756 e. The van der Waals surface area contributed by atoms with Gasteiger partial charge in [-0.2, -0.15) is 0 Å². The van der Waals surface area contributed by atoms with Gasteiger partial charge in [-0.3, -0.25) is 9.36 Å². The Morgan fingerprint density at radius 3 is 1.00 bits per heavy atom. The summed E-state index contributed by atoms with van der Waals surface area (Å²) < 4.78 is 34.9. The van der Waals surface area contributed by atoms with Crippen molar-refractivity contribution >= 4 is 13.8 Å². The van der Waals surface area contributed by atoms with E-state index in [0.29, 0.717) is 24.1 Å². The van der Waals surface area contributed by atoms with E-state index in [1.165, 1.54) is 250 Å². The number of likely N-dealkylation sites (N-methyl/N-ethyl adjacent to an activating group) is 1. The monoisotopic (exact) mass is 958 g/mol. The topological polar surface area (TPSA) is 94.1 Å². The second kappa shape index (κ2) is 50.9. The zero-order valence-electron chi connectivity index (χ0n) is 45.2. The molecule has 0 radical (unpaired) electrons. The van der Waals surface area contributed by atoms with E-state index in [2.05, 4.69) is 13.8 Å². The summed E-state index contributed by atoms with van der Waals surface area (Å²) in [4.78, 5) is 25.3. The number of ether oxygens (including phenoxy) is 2. The van der Waals surface area contributed by atoms with Crippen molar-refractivity contribution in [2.75, 3.05) is 54.1 Å². The standard InChI is InChI=1S/C57H116NO7P/c1-6-8-10-12-14-16-18-20-22-24-26-27-28-29-30-31-32-33-34-36-38-40-42-44-46-48-50-57(59)65-56(55-64-66(60,61)63-53-51-58(3,4)5)54-62-52-49-47-45-43-41-39-37-35-25-23-21-19-17-15-13-11-9-7-2/h56H,6-55H2,1-5H3/t56-/m1/s1. The van der Waals surface area contributed by atoms with E-state index < -0.39 is 13.9 Å². The van der Waals surface area contributed by atoms with Crippen LogP contribution in [0.2, 0.25) is 0 Å². The zero-order valence-corrected chi connectivity index (χ0v) is 46.1. The van der Waals surface area contributed by atoms with Gasteiger partial charge in [-0.15, -0.1) is 0 Å². The molecule has 66 heavy (non-hydrogen) atoms. The van der Waals surface area contributed by atoms with Crippen molar-refractivity contribution in [3.8, 4) is 0 Å². The molecule has 9 heteroatoms. The third-order valence-electron chi connectivity index (χ3n) is 13.4. The van der Waals surface area contributed by atoms with E-state index in [-0.39, 0.29) is 25.8 Å². The molecule has 0 saturated carbocycles. The third kappa shape index (κ3) is 54.4. The van der Waals surface area contributed by atoms with Gasteiger partial charge in [-0.25, -0.2) is 0 Å². The van der Waals surface area contributed by atoms with Crippen LogP contribution in [0.15, 0.2) is 0 Å². The SMILES string of the molecule is CCCCCCCCCCCCCCCCCCCCCCCCCCCCC(=O)O[C@H](COCCCCCCCCCCCCCCCCCCCC)COP(=O)([O-])OCC[N+](C)(C)C. The van der Waals surface area contributed by atoms with Gasteiger partial charge in [0.1, 0.15) is 19.3 Å². The molecule has 0 N–H and O–H groups in total. The number of carbonyl (C=O) groups excluding carboxylic acids is 1. The number of hydrogen-bond acceptors (Lipinski definition) is 7. The van der Waals surface area contributed by atoms with Crippen LogP contribution in [0.3, 0.4) is 0 Å². The van der Waals surface area contributed by atoms with Crippen LogP contribution < -0.4 is 4.89 Å². The van der Waals surface area contributed by atoms with E-state index in [1.54, 1.807) is 0 Å². The van der Waals surface area contributed by atoms with Crippen molar-refractivity contribution in [1.29, 1.82) is 0 Å². The first-order chi connectivity index (χ1) is 32.1. The molecule has 0 rings (SSSR count). The Hall–Kier alpha value is -0.500. The Kier molecular flexibility index (Phi) is 50.5. The number of quaternary nitrogens is 1. The Bertz CT molecular complexity index is 1020.